The van der Waals surface area contributed by atoms with E-state index in [1.54, 1.807) is 24.5 Å². The molecule has 0 aliphatic carbocycles. The van der Waals surface area contributed by atoms with Gasteiger partial charge in [-0.2, -0.15) is 0 Å². The predicted octanol–water partition coefficient (Wildman–Crippen LogP) is 2.07. The molecule has 1 aliphatic rings. The first-order valence-electron chi connectivity index (χ1n) is 10.9. The van der Waals surface area contributed by atoms with Gasteiger partial charge in [-0.15, -0.1) is 0 Å². The summed E-state index contributed by atoms with van der Waals surface area (Å²) in [6.07, 6.45) is 5.11. The Bertz CT molecular complexity index is 1100. The molecule has 0 bridgehead atoms. The Kier molecular flexibility index (Phi) is 6.91. The van der Waals surface area contributed by atoms with Gasteiger partial charge in [0.25, 0.3) is 16.8 Å². The van der Waals surface area contributed by atoms with Gasteiger partial charge in [0.05, 0.1) is 0 Å². The second-order valence-corrected chi connectivity index (χ2v) is 7.90. The third-order valence-electron chi connectivity index (χ3n) is 5.74. The third-order valence-corrected chi connectivity index (χ3v) is 5.74. The topological polar surface area (TPSA) is 94.6 Å². The number of unbranched alkanes of at least 4 members (excludes halogenated alkanes) is 1. The normalized spacial score (nSPS) is 14.4. The van der Waals surface area contributed by atoms with Crippen LogP contribution >= 0.6 is 0 Å². The molecule has 2 aromatic carbocycles. The maximum atomic E-state index is 12.5. The van der Waals surface area contributed by atoms with Crippen molar-refractivity contribution in [2.45, 2.75) is 12.8 Å². The quantitative estimate of drug-likeness (QED) is 0.394. The van der Waals surface area contributed by atoms with E-state index in [9.17, 15) is 14.4 Å². The number of amides is 1. The van der Waals surface area contributed by atoms with E-state index in [0.29, 0.717) is 17.9 Å². The van der Waals surface area contributed by atoms with Crippen molar-refractivity contribution in [2.75, 3.05) is 49.9 Å². The van der Waals surface area contributed by atoms with Crippen LogP contribution in [0.4, 0.5) is 17.1 Å². The SMILES string of the molecule is O=C(c1ccccc1)N1CCN(CCCCNc2c(Nc3ccncc3)c(=O)c2=O)CC1. The summed E-state index contributed by atoms with van der Waals surface area (Å²) in [4.78, 5) is 44.5. The second-order valence-electron chi connectivity index (χ2n) is 7.90. The van der Waals surface area contributed by atoms with Gasteiger partial charge in [-0.3, -0.25) is 24.3 Å². The van der Waals surface area contributed by atoms with E-state index in [2.05, 4.69) is 20.5 Å². The molecule has 1 aromatic heterocycles. The summed E-state index contributed by atoms with van der Waals surface area (Å²) in [5.74, 6) is 0.0959. The molecule has 0 atom stereocenters. The maximum absolute atomic E-state index is 12.5. The van der Waals surface area contributed by atoms with Gasteiger partial charge < -0.3 is 15.5 Å². The highest BCUT2D eigenvalue weighted by Gasteiger charge is 2.22. The van der Waals surface area contributed by atoms with Crippen LogP contribution in [0.3, 0.4) is 0 Å². The molecule has 8 nitrogen and oxygen atoms in total. The summed E-state index contributed by atoms with van der Waals surface area (Å²) in [5.41, 5.74) is 1.18. The number of benzene rings is 1. The standard InChI is InChI=1S/C24H27N5O3/c30-22-20(21(23(22)31)27-19-8-11-25-12-9-19)26-10-4-5-13-28-14-16-29(17-15-28)24(32)18-6-2-1-3-7-18/h1-3,6-9,11-12,26H,4-5,10,13-17H2,(H,25,27). The van der Waals surface area contributed by atoms with Gasteiger partial charge in [0.2, 0.25) is 0 Å². The van der Waals surface area contributed by atoms with Gasteiger partial charge in [0, 0.05) is 56.4 Å². The number of nitrogens with one attached hydrogen (secondary N) is 2. The molecule has 32 heavy (non-hydrogen) atoms. The highest BCUT2D eigenvalue weighted by molar-refractivity contribution is 5.94. The number of pyridine rings is 1. The molecule has 1 amide bonds. The van der Waals surface area contributed by atoms with Gasteiger partial charge in [0.1, 0.15) is 11.4 Å². The summed E-state index contributed by atoms with van der Waals surface area (Å²) in [6.45, 7) is 4.78. The lowest BCUT2D eigenvalue weighted by molar-refractivity contribution is 0.0635. The van der Waals surface area contributed by atoms with Crippen LogP contribution in [0.15, 0.2) is 64.4 Å². The molecular formula is C24H27N5O3. The number of hydrogen-bond donors (Lipinski definition) is 2. The van der Waals surface area contributed by atoms with Crippen molar-refractivity contribution < 1.29 is 4.79 Å². The van der Waals surface area contributed by atoms with Gasteiger partial charge in [-0.1, -0.05) is 18.2 Å². The molecule has 4 rings (SSSR count). The first kappa shape index (κ1) is 21.7. The zero-order valence-corrected chi connectivity index (χ0v) is 17.9. The number of hydrogen-bond acceptors (Lipinski definition) is 7. The van der Waals surface area contributed by atoms with E-state index in [4.69, 9.17) is 0 Å². The van der Waals surface area contributed by atoms with Crippen LogP contribution in [0.5, 0.6) is 0 Å². The number of aromatic nitrogens is 1. The third kappa shape index (κ3) is 5.03. The van der Waals surface area contributed by atoms with Crippen molar-refractivity contribution in [2.24, 2.45) is 0 Å². The van der Waals surface area contributed by atoms with Crippen LogP contribution in [-0.4, -0.2) is 60.0 Å². The monoisotopic (exact) mass is 433 g/mol. The molecule has 3 aromatic rings. The van der Waals surface area contributed by atoms with E-state index >= 15 is 0 Å². The number of anilines is 3. The summed E-state index contributed by atoms with van der Waals surface area (Å²) >= 11 is 0. The molecule has 166 valence electrons. The average molecular weight is 434 g/mol. The number of rotatable bonds is 9. The van der Waals surface area contributed by atoms with E-state index in [0.717, 1.165) is 56.8 Å². The zero-order chi connectivity index (χ0) is 22.3. The van der Waals surface area contributed by atoms with Crippen LogP contribution in [-0.2, 0) is 0 Å². The molecule has 1 fully saturated rings. The smallest absolute Gasteiger partial charge is 0.253 e. The van der Waals surface area contributed by atoms with Crippen molar-refractivity contribution in [1.82, 2.24) is 14.8 Å². The number of carbonyl (C=O) groups excluding carboxylic acids is 1. The number of carbonyl (C=O) groups is 1. The molecular weight excluding hydrogens is 406 g/mol. The lowest BCUT2D eigenvalue weighted by atomic mass is 10.1. The summed E-state index contributed by atoms with van der Waals surface area (Å²) < 4.78 is 0. The molecule has 1 aliphatic heterocycles. The molecule has 1 saturated heterocycles. The largest absolute Gasteiger partial charge is 0.380 e. The van der Waals surface area contributed by atoms with Crippen LogP contribution in [0, 0.1) is 0 Å². The minimum Gasteiger partial charge on any atom is -0.380 e. The van der Waals surface area contributed by atoms with E-state index in [-0.39, 0.29) is 5.91 Å². The van der Waals surface area contributed by atoms with Crippen LogP contribution in [0.1, 0.15) is 23.2 Å². The van der Waals surface area contributed by atoms with E-state index in [1.165, 1.54) is 0 Å². The minimum absolute atomic E-state index is 0.0959. The van der Waals surface area contributed by atoms with Crippen molar-refractivity contribution in [3.05, 3.63) is 80.9 Å². The Morgan fingerprint density at radius 1 is 0.875 bits per heavy atom. The Morgan fingerprint density at radius 2 is 1.56 bits per heavy atom. The van der Waals surface area contributed by atoms with Crippen LogP contribution < -0.4 is 21.5 Å². The Morgan fingerprint density at radius 3 is 2.28 bits per heavy atom. The molecule has 8 heteroatoms. The highest BCUT2D eigenvalue weighted by atomic mass is 16.2. The first-order chi connectivity index (χ1) is 15.6. The van der Waals surface area contributed by atoms with Crippen molar-refractivity contribution in [3.8, 4) is 0 Å². The van der Waals surface area contributed by atoms with Crippen molar-refractivity contribution >= 4 is 23.0 Å². The van der Waals surface area contributed by atoms with Gasteiger partial charge in [0.15, 0.2) is 0 Å². The number of piperazine rings is 1. The van der Waals surface area contributed by atoms with Gasteiger partial charge >= 0.3 is 0 Å². The summed E-state index contributed by atoms with van der Waals surface area (Å²) in [6, 6.07) is 12.9. The molecule has 0 saturated carbocycles. The van der Waals surface area contributed by atoms with E-state index in [1.807, 2.05) is 35.2 Å². The highest BCUT2D eigenvalue weighted by Crippen LogP contribution is 2.20. The molecule has 2 heterocycles. The van der Waals surface area contributed by atoms with Crippen LogP contribution in [0.2, 0.25) is 0 Å². The fraction of sp³-hybridized carbons (Fsp3) is 0.333. The molecule has 0 spiro atoms. The van der Waals surface area contributed by atoms with Gasteiger partial charge in [-0.05, 0) is 43.7 Å². The Balaban J connectivity index is 1.16. The number of nitrogens with zero attached hydrogens (tertiary/aromatic N) is 3. The predicted molar refractivity (Wildman–Crippen MR) is 125 cm³/mol. The Labute approximate surface area is 186 Å². The lowest BCUT2D eigenvalue weighted by Crippen LogP contribution is -2.48. The van der Waals surface area contributed by atoms with Crippen LogP contribution in [0.25, 0.3) is 0 Å². The second kappa shape index (κ2) is 10.2. The summed E-state index contributed by atoms with van der Waals surface area (Å²) in [5, 5.41) is 6.10. The van der Waals surface area contributed by atoms with Crippen molar-refractivity contribution in [1.29, 1.82) is 0 Å². The lowest BCUT2D eigenvalue weighted by Gasteiger charge is -2.34. The fourth-order valence-corrected chi connectivity index (χ4v) is 3.87. The molecule has 0 unspecified atom stereocenters. The molecule has 2 N–H and O–H groups in total. The average Bonchev–Trinajstić information content (AvgIpc) is 2.86. The molecule has 0 radical (unpaired) electrons. The summed E-state index contributed by atoms with van der Waals surface area (Å²) in [7, 11) is 0. The fourth-order valence-electron chi connectivity index (χ4n) is 3.87. The maximum Gasteiger partial charge on any atom is 0.253 e. The van der Waals surface area contributed by atoms with E-state index < -0.39 is 10.9 Å². The first-order valence-corrected chi connectivity index (χ1v) is 10.9. The minimum atomic E-state index is -0.493. The zero-order valence-electron chi connectivity index (χ0n) is 17.9. The Hall–Kier alpha value is -3.52. The van der Waals surface area contributed by atoms with Crippen molar-refractivity contribution in [3.63, 3.8) is 0 Å². The van der Waals surface area contributed by atoms with Gasteiger partial charge in [-0.25, -0.2) is 0 Å².